The molecule has 2 aromatic carbocycles. The van der Waals surface area contributed by atoms with Gasteiger partial charge in [0.2, 0.25) is 0 Å². The molecule has 1 aliphatic heterocycles. The molecule has 0 N–H and O–H groups in total. The molecule has 0 bridgehead atoms. The number of imide groups is 1. The molecule has 38 heavy (non-hydrogen) atoms. The molecular weight excluding hydrogens is 500 g/mol. The third-order valence-electron chi connectivity index (χ3n) is 6.57. The van der Waals surface area contributed by atoms with Crippen LogP contribution in [0.1, 0.15) is 41.3 Å². The van der Waals surface area contributed by atoms with Crippen molar-refractivity contribution in [2.24, 2.45) is 0 Å². The molecule has 0 radical (unpaired) electrons. The molecule has 0 spiro atoms. The number of hydrogen-bond acceptors (Lipinski definition) is 4. The van der Waals surface area contributed by atoms with Crippen LogP contribution in [0.3, 0.4) is 0 Å². The lowest BCUT2D eigenvalue weighted by Gasteiger charge is -2.16. The van der Waals surface area contributed by atoms with Gasteiger partial charge in [-0.2, -0.15) is 9.67 Å². The SMILES string of the molecule is CCCc1nn(-c2ccc(C)cc2C)c([O-])c1C1=C([n+]2cccc(C)c2)C(=O)N(c2cccc(Cl)c2)C1=O. The van der Waals surface area contributed by atoms with E-state index < -0.39 is 17.7 Å². The fourth-order valence-corrected chi connectivity index (χ4v) is 5.06. The summed E-state index contributed by atoms with van der Waals surface area (Å²) in [6.07, 6.45) is 4.64. The number of amides is 2. The van der Waals surface area contributed by atoms with Gasteiger partial charge in [0.05, 0.1) is 17.1 Å². The first-order chi connectivity index (χ1) is 18.2. The second-order valence-corrected chi connectivity index (χ2v) is 9.95. The molecular formula is C30H27ClN4O3. The number of pyridine rings is 1. The van der Waals surface area contributed by atoms with E-state index in [2.05, 4.69) is 5.10 Å². The van der Waals surface area contributed by atoms with Crippen LogP contribution >= 0.6 is 11.6 Å². The zero-order chi connectivity index (χ0) is 27.1. The van der Waals surface area contributed by atoms with Crippen molar-refractivity contribution >= 4 is 40.4 Å². The van der Waals surface area contributed by atoms with Crippen LogP contribution in [-0.4, -0.2) is 21.6 Å². The number of carbonyl (C=O) groups excluding carboxylic acids is 2. The Bertz CT molecular complexity index is 1640. The Morgan fingerprint density at radius 2 is 1.76 bits per heavy atom. The summed E-state index contributed by atoms with van der Waals surface area (Å²) in [7, 11) is 0. The third-order valence-corrected chi connectivity index (χ3v) is 6.80. The van der Waals surface area contributed by atoms with E-state index in [1.807, 2.05) is 52.0 Å². The van der Waals surface area contributed by atoms with Crippen LogP contribution in [0.25, 0.3) is 17.0 Å². The number of carbonyl (C=O) groups is 2. The van der Waals surface area contributed by atoms with Gasteiger partial charge in [-0.1, -0.05) is 48.7 Å². The van der Waals surface area contributed by atoms with Gasteiger partial charge in [-0.3, -0.25) is 9.59 Å². The maximum atomic E-state index is 14.1. The van der Waals surface area contributed by atoms with Crippen LogP contribution in [0.5, 0.6) is 5.88 Å². The second-order valence-electron chi connectivity index (χ2n) is 9.52. The Morgan fingerprint density at radius 3 is 2.45 bits per heavy atom. The molecule has 7 nitrogen and oxygen atoms in total. The number of anilines is 1. The second kappa shape index (κ2) is 9.91. The highest BCUT2D eigenvalue weighted by atomic mass is 35.5. The number of rotatable bonds is 6. The van der Waals surface area contributed by atoms with E-state index in [4.69, 9.17) is 11.6 Å². The fourth-order valence-electron chi connectivity index (χ4n) is 4.88. The van der Waals surface area contributed by atoms with Crippen molar-refractivity contribution in [2.45, 2.75) is 40.5 Å². The first-order valence-electron chi connectivity index (χ1n) is 12.4. The number of aryl methyl sites for hydroxylation is 4. The maximum absolute atomic E-state index is 14.1. The molecule has 3 heterocycles. The highest BCUT2D eigenvalue weighted by Gasteiger charge is 2.47. The molecule has 0 atom stereocenters. The van der Waals surface area contributed by atoms with E-state index in [1.165, 1.54) is 4.68 Å². The molecule has 192 valence electrons. The lowest BCUT2D eigenvalue weighted by atomic mass is 10.0. The predicted octanol–water partition coefficient (Wildman–Crippen LogP) is 4.71. The van der Waals surface area contributed by atoms with Gasteiger partial charge in [-0.05, 0) is 69.0 Å². The molecule has 2 aromatic heterocycles. The van der Waals surface area contributed by atoms with Crippen molar-refractivity contribution in [3.8, 4) is 11.6 Å². The number of benzene rings is 2. The molecule has 2 amide bonds. The van der Waals surface area contributed by atoms with Crippen LogP contribution in [-0.2, 0) is 16.0 Å². The quantitative estimate of drug-likeness (QED) is 0.269. The van der Waals surface area contributed by atoms with Gasteiger partial charge < -0.3 is 5.11 Å². The minimum atomic E-state index is -0.587. The molecule has 0 saturated carbocycles. The standard InChI is InChI=1S/C30H27ClN4O3/c1-5-8-23-25(29(37)35(32-23)24-13-12-18(2)15-20(24)4)26-27(33-14-7-9-19(3)17-33)30(38)34(28(26)36)22-11-6-10-21(31)16-22/h6-7,9-17H,5,8H2,1-4H3. The van der Waals surface area contributed by atoms with Crippen LogP contribution in [0.4, 0.5) is 5.69 Å². The smallest absolute Gasteiger partial charge is 0.331 e. The Morgan fingerprint density at radius 1 is 0.974 bits per heavy atom. The first kappa shape index (κ1) is 25.4. The largest absolute Gasteiger partial charge is 0.858 e. The number of hydrogen-bond donors (Lipinski definition) is 0. The molecule has 4 aromatic rings. The average molecular weight is 527 g/mol. The minimum Gasteiger partial charge on any atom is -0.858 e. The summed E-state index contributed by atoms with van der Waals surface area (Å²) in [5.41, 5.74) is 4.58. The molecule has 0 saturated heterocycles. The Hall–Kier alpha value is -4.23. The summed E-state index contributed by atoms with van der Waals surface area (Å²) < 4.78 is 2.96. The summed E-state index contributed by atoms with van der Waals surface area (Å²) in [6, 6.07) is 16.0. The van der Waals surface area contributed by atoms with E-state index in [9.17, 15) is 14.7 Å². The zero-order valence-electron chi connectivity index (χ0n) is 21.7. The van der Waals surface area contributed by atoms with Crippen LogP contribution in [0.15, 0.2) is 67.0 Å². The van der Waals surface area contributed by atoms with Gasteiger partial charge in [0.1, 0.15) is 5.57 Å². The van der Waals surface area contributed by atoms with Gasteiger partial charge in [-0.15, -0.1) is 0 Å². The zero-order valence-corrected chi connectivity index (χ0v) is 22.4. The number of aromatic nitrogens is 3. The van der Waals surface area contributed by atoms with Gasteiger partial charge in [0.15, 0.2) is 12.4 Å². The highest BCUT2D eigenvalue weighted by Crippen LogP contribution is 2.39. The predicted molar refractivity (Wildman–Crippen MR) is 145 cm³/mol. The molecule has 0 aliphatic carbocycles. The van der Waals surface area contributed by atoms with Crippen LogP contribution in [0, 0.1) is 20.8 Å². The topological polar surface area (TPSA) is 82.1 Å². The van der Waals surface area contributed by atoms with E-state index in [0.29, 0.717) is 34.9 Å². The van der Waals surface area contributed by atoms with E-state index >= 15 is 0 Å². The van der Waals surface area contributed by atoms with Crippen molar-refractivity contribution in [3.63, 3.8) is 0 Å². The molecule has 1 aliphatic rings. The average Bonchev–Trinajstić information content (AvgIpc) is 3.31. The normalized spacial score (nSPS) is 13.7. The lowest BCUT2D eigenvalue weighted by molar-refractivity contribution is -0.577. The van der Waals surface area contributed by atoms with Gasteiger partial charge in [-0.25, -0.2) is 9.58 Å². The Balaban J connectivity index is 1.80. The fraction of sp³-hybridized carbons (Fsp3) is 0.200. The van der Waals surface area contributed by atoms with E-state index in [1.54, 1.807) is 47.3 Å². The Labute approximate surface area is 226 Å². The van der Waals surface area contributed by atoms with Crippen molar-refractivity contribution in [1.82, 2.24) is 9.78 Å². The monoisotopic (exact) mass is 526 g/mol. The van der Waals surface area contributed by atoms with E-state index in [0.717, 1.165) is 21.6 Å². The maximum Gasteiger partial charge on any atom is 0.331 e. The summed E-state index contributed by atoms with van der Waals surface area (Å²) in [4.78, 5) is 29.1. The molecule has 0 fully saturated rings. The van der Waals surface area contributed by atoms with Crippen LogP contribution < -0.4 is 14.6 Å². The lowest BCUT2D eigenvalue weighted by Crippen LogP contribution is -2.39. The molecule has 5 rings (SSSR count). The summed E-state index contributed by atoms with van der Waals surface area (Å²) in [6.45, 7) is 7.78. The number of nitrogens with zero attached hydrogens (tertiary/aromatic N) is 4. The van der Waals surface area contributed by atoms with Crippen molar-refractivity contribution in [1.29, 1.82) is 0 Å². The molecule has 8 heteroatoms. The van der Waals surface area contributed by atoms with Crippen molar-refractivity contribution in [3.05, 3.63) is 100.0 Å². The number of halogens is 1. The first-order valence-corrected chi connectivity index (χ1v) is 12.8. The van der Waals surface area contributed by atoms with Gasteiger partial charge >= 0.3 is 5.91 Å². The summed E-state index contributed by atoms with van der Waals surface area (Å²) in [5.74, 6) is -1.56. The van der Waals surface area contributed by atoms with E-state index in [-0.39, 0.29) is 16.8 Å². The van der Waals surface area contributed by atoms with Crippen molar-refractivity contribution < 1.29 is 19.3 Å². The minimum absolute atomic E-state index is 0.0371. The Kier molecular flexibility index (Phi) is 6.63. The summed E-state index contributed by atoms with van der Waals surface area (Å²) in [5, 5.41) is 19.1. The third kappa shape index (κ3) is 4.29. The van der Waals surface area contributed by atoms with Crippen LogP contribution in [0.2, 0.25) is 5.02 Å². The van der Waals surface area contributed by atoms with Gasteiger partial charge in [0, 0.05) is 22.2 Å². The highest BCUT2D eigenvalue weighted by molar-refractivity contribution is 6.53. The van der Waals surface area contributed by atoms with Crippen molar-refractivity contribution in [2.75, 3.05) is 4.90 Å². The molecule has 0 unspecified atom stereocenters. The summed E-state index contributed by atoms with van der Waals surface area (Å²) >= 11 is 6.20. The van der Waals surface area contributed by atoms with Gasteiger partial charge in [0.25, 0.3) is 11.6 Å².